The Labute approximate surface area is 149 Å². The van der Waals surface area contributed by atoms with E-state index in [4.69, 9.17) is 21.9 Å². The van der Waals surface area contributed by atoms with Gasteiger partial charge >= 0.3 is 0 Å². The Bertz CT molecular complexity index is 832. The molecule has 0 saturated carbocycles. The molecular weight excluding hydrogens is 341 g/mol. The number of hydrogen-bond donors (Lipinski definition) is 3. The van der Waals surface area contributed by atoms with E-state index in [0.29, 0.717) is 16.4 Å². The van der Waals surface area contributed by atoms with Gasteiger partial charge in [0.2, 0.25) is 5.95 Å². The summed E-state index contributed by atoms with van der Waals surface area (Å²) >= 11 is 0. The van der Waals surface area contributed by atoms with E-state index in [-0.39, 0.29) is 48.7 Å². The molecule has 1 unspecified atom stereocenters. The molecule has 6 N–H and O–H groups in total. The van der Waals surface area contributed by atoms with Gasteiger partial charge in [0.05, 0.1) is 13.7 Å². The third-order valence-corrected chi connectivity index (χ3v) is 4.23. The number of halogens is 1. The van der Waals surface area contributed by atoms with Crippen LogP contribution in [-0.4, -0.2) is 53.7 Å². The van der Waals surface area contributed by atoms with Crippen LogP contribution in [0, 0.1) is 0 Å². The fourth-order valence-electron chi connectivity index (χ4n) is 2.91. The van der Waals surface area contributed by atoms with Crippen molar-refractivity contribution in [3.63, 3.8) is 0 Å². The number of aromatic nitrogens is 2. The fraction of sp³-hybridized carbons (Fsp3) is 0.312. The van der Waals surface area contributed by atoms with Crippen molar-refractivity contribution < 1.29 is 14.0 Å². The van der Waals surface area contributed by atoms with Crippen LogP contribution in [0.1, 0.15) is 10.4 Å². The number of ketones is 1. The van der Waals surface area contributed by atoms with E-state index < -0.39 is 6.04 Å². The summed E-state index contributed by atoms with van der Waals surface area (Å²) < 4.78 is 19.1. The second-order valence-electron chi connectivity index (χ2n) is 5.88. The maximum absolute atomic E-state index is 13.9. The van der Waals surface area contributed by atoms with Crippen molar-refractivity contribution in [2.75, 3.05) is 48.8 Å². The predicted octanol–water partition coefficient (Wildman–Crippen LogP) is 0.490. The summed E-state index contributed by atoms with van der Waals surface area (Å²) in [7, 11) is 1.51. The molecule has 10 heteroatoms. The molecule has 1 atom stereocenters. The second-order valence-corrected chi connectivity index (χ2v) is 5.88. The minimum atomic E-state index is -0.850. The van der Waals surface area contributed by atoms with E-state index in [1.807, 2.05) is 0 Å². The number of nitrogen functional groups attached to an aromatic ring is 3. The molecule has 1 aromatic heterocycles. The second kappa shape index (κ2) is 7.00. The number of nitrogens with two attached hydrogens (primary N) is 3. The molecule has 0 amide bonds. The third-order valence-electron chi connectivity index (χ3n) is 4.23. The Balaban J connectivity index is 2.00. The lowest BCUT2D eigenvalue weighted by molar-refractivity contribution is 0.00698. The molecule has 0 radical (unpaired) electrons. The van der Waals surface area contributed by atoms with Crippen molar-refractivity contribution in [3.05, 3.63) is 29.8 Å². The van der Waals surface area contributed by atoms with Crippen molar-refractivity contribution in [1.82, 2.24) is 15.1 Å². The number of carbonyl (C=O) groups is 1. The maximum atomic E-state index is 13.9. The van der Waals surface area contributed by atoms with E-state index in [2.05, 4.69) is 9.97 Å². The summed E-state index contributed by atoms with van der Waals surface area (Å²) in [4.78, 5) is 22.6. The Morgan fingerprint density at radius 2 is 2.04 bits per heavy atom. The number of piperazine rings is 1. The lowest BCUT2D eigenvalue weighted by Crippen LogP contribution is -2.55. The standard InChI is InChI=1S/C16H20FN7O2/c1-26-10-4-2-3-9(7-10)13(25)11-8-23(17)5-6-24(11)15-12(18)14(19)21-16(20)22-15/h2-4,7,11H,5-6,8,18H2,1H3,(H4,19,20,21,22). The average Bonchev–Trinajstić information content (AvgIpc) is 2.64. The third kappa shape index (κ3) is 3.31. The summed E-state index contributed by atoms with van der Waals surface area (Å²) in [5.41, 5.74) is 17.9. The van der Waals surface area contributed by atoms with Crippen molar-refractivity contribution in [3.8, 4) is 5.75 Å². The molecule has 26 heavy (non-hydrogen) atoms. The van der Waals surface area contributed by atoms with Crippen LogP contribution in [0.25, 0.3) is 0 Å². The van der Waals surface area contributed by atoms with Gasteiger partial charge in [0.1, 0.15) is 17.5 Å². The zero-order valence-corrected chi connectivity index (χ0v) is 14.2. The summed E-state index contributed by atoms with van der Waals surface area (Å²) in [5.74, 6) is 0.417. The minimum Gasteiger partial charge on any atom is -0.497 e. The number of nitrogens with zero attached hydrogens (tertiary/aromatic N) is 4. The maximum Gasteiger partial charge on any atom is 0.224 e. The van der Waals surface area contributed by atoms with Crippen LogP contribution in [0.3, 0.4) is 0 Å². The highest BCUT2D eigenvalue weighted by Gasteiger charge is 2.35. The number of anilines is 4. The molecule has 3 rings (SSSR count). The van der Waals surface area contributed by atoms with Crippen LogP contribution in [0.15, 0.2) is 24.3 Å². The normalized spacial score (nSPS) is 17.9. The number of ether oxygens (including phenoxy) is 1. The molecule has 0 bridgehead atoms. The van der Waals surface area contributed by atoms with Crippen molar-refractivity contribution in [2.24, 2.45) is 0 Å². The molecule has 2 aromatic rings. The van der Waals surface area contributed by atoms with Gasteiger partial charge in [-0.2, -0.15) is 9.97 Å². The van der Waals surface area contributed by atoms with Gasteiger partial charge in [0.15, 0.2) is 17.4 Å². The molecule has 1 saturated heterocycles. The van der Waals surface area contributed by atoms with Gasteiger partial charge in [0.25, 0.3) is 0 Å². The zero-order chi connectivity index (χ0) is 18.8. The molecule has 138 valence electrons. The van der Waals surface area contributed by atoms with E-state index >= 15 is 0 Å². The first-order chi connectivity index (χ1) is 12.4. The van der Waals surface area contributed by atoms with E-state index in [0.717, 1.165) is 0 Å². The summed E-state index contributed by atoms with van der Waals surface area (Å²) in [6.07, 6.45) is 0. The van der Waals surface area contributed by atoms with Crippen molar-refractivity contribution in [2.45, 2.75) is 6.04 Å². The minimum absolute atomic E-state index is 0.0164. The fourth-order valence-corrected chi connectivity index (χ4v) is 2.91. The Morgan fingerprint density at radius 1 is 1.27 bits per heavy atom. The van der Waals surface area contributed by atoms with Gasteiger partial charge in [-0.25, -0.2) is 0 Å². The number of methoxy groups -OCH3 is 1. The molecule has 9 nitrogen and oxygen atoms in total. The Kier molecular flexibility index (Phi) is 4.76. The SMILES string of the molecule is COc1cccc(C(=O)C2CN(F)CCN2c2nc(N)nc(N)c2N)c1. The molecule has 1 aliphatic heterocycles. The Hall–Kier alpha value is -3.14. The first-order valence-corrected chi connectivity index (χ1v) is 7.94. The summed E-state index contributed by atoms with van der Waals surface area (Å²) in [5, 5.41) is 0.587. The predicted molar refractivity (Wildman–Crippen MR) is 96.4 cm³/mol. The highest BCUT2D eigenvalue weighted by atomic mass is 19.2. The highest BCUT2D eigenvalue weighted by molar-refractivity contribution is 6.03. The molecule has 0 spiro atoms. The number of rotatable bonds is 4. The van der Waals surface area contributed by atoms with Gasteiger partial charge < -0.3 is 26.8 Å². The number of Topliss-reactive ketones (excluding diaryl/α,β-unsaturated/α-hetero) is 1. The lowest BCUT2D eigenvalue weighted by atomic mass is 10.0. The van der Waals surface area contributed by atoms with Gasteiger partial charge in [-0.3, -0.25) is 4.79 Å². The van der Waals surface area contributed by atoms with Crippen LogP contribution >= 0.6 is 0 Å². The first-order valence-electron chi connectivity index (χ1n) is 7.94. The molecular formula is C16H20FN7O2. The van der Waals surface area contributed by atoms with Gasteiger partial charge in [0, 0.05) is 18.7 Å². The lowest BCUT2D eigenvalue weighted by Gasteiger charge is -2.38. The largest absolute Gasteiger partial charge is 0.497 e. The monoisotopic (exact) mass is 361 g/mol. The average molecular weight is 361 g/mol. The zero-order valence-electron chi connectivity index (χ0n) is 14.2. The summed E-state index contributed by atoms with van der Waals surface area (Å²) in [6, 6.07) is 5.81. The van der Waals surface area contributed by atoms with Crippen LogP contribution < -0.4 is 26.8 Å². The molecule has 2 heterocycles. The molecule has 1 aliphatic rings. The van der Waals surface area contributed by atoms with Crippen molar-refractivity contribution in [1.29, 1.82) is 0 Å². The molecule has 1 aromatic carbocycles. The number of carbonyl (C=O) groups excluding carboxylic acids is 1. The molecule has 0 aliphatic carbocycles. The van der Waals surface area contributed by atoms with Crippen LogP contribution in [0.5, 0.6) is 5.75 Å². The van der Waals surface area contributed by atoms with Gasteiger partial charge in [-0.15, -0.1) is 9.60 Å². The van der Waals surface area contributed by atoms with Gasteiger partial charge in [-0.1, -0.05) is 12.1 Å². The van der Waals surface area contributed by atoms with E-state index in [1.165, 1.54) is 7.11 Å². The first kappa shape index (κ1) is 17.7. The van der Waals surface area contributed by atoms with Crippen LogP contribution in [0.2, 0.25) is 0 Å². The van der Waals surface area contributed by atoms with Crippen molar-refractivity contribution >= 4 is 29.1 Å². The van der Waals surface area contributed by atoms with E-state index in [9.17, 15) is 9.28 Å². The number of hydrogen-bond acceptors (Lipinski definition) is 9. The van der Waals surface area contributed by atoms with Gasteiger partial charge in [-0.05, 0) is 12.1 Å². The molecule has 1 fully saturated rings. The smallest absolute Gasteiger partial charge is 0.224 e. The number of benzene rings is 1. The van der Waals surface area contributed by atoms with E-state index in [1.54, 1.807) is 29.2 Å². The van der Waals surface area contributed by atoms with Crippen LogP contribution in [0.4, 0.5) is 27.8 Å². The topological polar surface area (TPSA) is 137 Å². The van der Waals surface area contributed by atoms with Crippen LogP contribution in [-0.2, 0) is 0 Å². The highest BCUT2D eigenvalue weighted by Crippen LogP contribution is 2.30. The summed E-state index contributed by atoms with van der Waals surface area (Å²) in [6.45, 7) is 0.140. The quantitative estimate of drug-likeness (QED) is 0.525. The Morgan fingerprint density at radius 3 is 2.77 bits per heavy atom.